The molecule has 0 spiro atoms. The standard InChI is InChI=1S/C20H22FN3O4S/c1-14(24(29(2,27)28)18-9-5-15(21)6-10-18)20(26)22-16-7-11-17(12-8-16)23-13-3-4-19(23)25/h5-12,14H,3-4,13H2,1-2H3,(H,22,26)/t14-/m1/s1. The molecule has 0 unspecified atom stereocenters. The fraction of sp³-hybridized carbons (Fsp3) is 0.300. The molecular weight excluding hydrogens is 397 g/mol. The lowest BCUT2D eigenvalue weighted by Gasteiger charge is -2.28. The molecule has 3 rings (SSSR count). The maximum atomic E-state index is 13.2. The van der Waals surface area contributed by atoms with Gasteiger partial charge in [0.2, 0.25) is 21.8 Å². The molecule has 1 saturated heterocycles. The van der Waals surface area contributed by atoms with Gasteiger partial charge in [0.25, 0.3) is 0 Å². The summed E-state index contributed by atoms with van der Waals surface area (Å²) in [5.41, 5.74) is 1.42. The van der Waals surface area contributed by atoms with Crippen LogP contribution in [0.3, 0.4) is 0 Å². The summed E-state index contributed by atoms with van der Waals surface area (Å²) in [6, 6.07) is 10.6. The van der Waals surface area contributed by atoms with Crippen LogP contribution >= 0.6 is 0 Å². The smallest absolute Gasteiger partial charge is 0.247 e. The van der Waals surface area contributed by atoms with Crippen molar-refractivity contribution in [3.8, 4) is 0 Å². The summed E-state index contributed by atoms with van der Waals surface area (Å²) in [5.74, 6) is -0.973. The van der Waals surface area contributed by atoms with Crippen LogP contribution in [0.1, 0.15) is 19.8 Å². The second-order valence-electron chi connectivity index (χ2n) is 6.90. The summed E-state index contributed by atoms with van der Waals surface area (Å²) in [6.07, 6.45) is 2.34. The molecule has 2 aromatic rings. The fourth-order valence-electron chi connectivity index (χ4n) is 3.29. The molecule has 1 atom stereocenters. The Morgan fingerprint density at radius 2 is 1.76 bits per heavy atom. The second kappa shape index (κ2) is 8.20. The lowest BCUT2D eigenvalue weighted by Crippen LogP contribution is -2.45. The van der Waals surface area contributed by atoms with Gasteiger partial charge in [0.15, 0.2) is 0 Å². The van der Waals surface area contributed by atoms with E-state index in [9.17, 15) is 22.4 Å². The Balaban J connectivity index is 1.76. The van der Waals surface area contributed by atoms with Crippen molar-refractivity contribution in [3.05, 3.63) is 54.3 Å². The van der Waals surface area contributed by atoms with E-state index in [2.05, 4.69) is 5.32 Å². The molecule has 0 aromatic heterocycles. The molecule has 0 aliphatic carbocycles. The molecule has 2 amide bonds. The Labute approximate surface area is 169 Å². The van der Waals surface area contributed by atoms with Crippen molar-refractivity contribution in [1.29, 1.82) is 0 Å². The number of hydrogen-bond donors (Lipinski definition) is 1. The van der Waals surface area contributed by atoms with Crippen LogP contribution in [0.4, 0.5) is 21.5 Å². The minimum atomic E-state index is -3.79. The fourth-order valence-corrected chi connectivity index (χ4v) is 4.46. The van der Waals surface area contributed by atoms with E-state index in [4.69, 9.17) is 0 Å². The van der Waals surface area contributed by atoms with Crippen molar-refractivity contribution in [1.82, 2.24) is 0 Å². The van der Waals surface area contributed by atoms with Crippen molar-refractivity contribution >= 4 is 38.9 Å². The third-order valence-electron chi connectivity index (χ3n) is 4.69. The van der Waals surface area contributed by atoms with Crippen molar-refractivity contribution in [2.75, 3.05) is 27.3 Å². The maximum absolute atomic E-state index is 13.2. The van der Waals surface area contributed by atoms with Crippen molar-refractivity contribution in [2.45, 2.75) is 25.8 Å². The first-order valence-electron chi connectivity index (χ1n) is 9.13. The maximum Gasteiger partial charge on any atom is 0.247 e. The molecule has 0 bridgehead atoms. The zero-order valence-corrected chi connectivity index (χ0v) is 16.9. The Morgan fingerprint density at radius 3 is 2.28 bits per heavy atom. The van der Waals surface area contributed by atoms with Gasteiger partial charge in [-0.05, 0) is 61.9 Å². The van der Waals surface area contributed by atoms with Gasteiger partial charge >= 0.3 is 0 Å². The summed E-state index contributed by atoms with van der Waals surface area (Å²) < 4.78 is 38.6. The minimum Gasteiger partial charge on any atom is -0.324 e. The number of nitrogens with one attached hydrogen (secondary N) is 1. The van der Waals surface area contributed by atoms with E-state index >= 15 is 0 Å². The van der Waals surface area contributed by atoms with E-state index in [0.29, 0.717) is 18.7 Å². The van der Waals surface area contributed by atoms with Gasteiger partial charge in [-0.1, -0.05) is 0 Å². The number of anilines is 3. The number of carbonyl (C=O) groups excluding carboxylic acids is 2. The second-order valence-corrected chi connectivity index (χ2v) is 8.76. The first kappa shape index (κ1) is 20.8. The molecular formula is C20H22FN3O4S. The Bertz CT molecular complexity index is 1010. The highest BCUT2D eigenvalue weighted by atomic mass is 32.2. The van der Waals surface area contributed by atoms with Crippen LogP contribution in [-0.4, -0.2) is 39.1 Å². The zero-order valence-electron chi connectivity index (χ0n) is 16.1. The first-order chi connectivity index (χ1) is 13.7. The van der Waals surface area contributed by atoms with E-state index < -0.39 is 27.8 Å². The predicted octanol–water partition coefficient (Wildman–Crippen LogP) is 2.75. The molecule has 9 heteroatoms. The van der Waals surface area contributed by atoms with E-state index in [1.807, 2.05) is 0 Å². The first-order valence-corrected chi connectivity index (χ1v) is 11.0. The van der Waals surface area contributed by atoms with Gasteiger partial charge < -0.3 is 10.2 Å². The van der Waals surface area contributed by atoms with Crippen LogP contribution in [-0.2, 0) is 19.6 Å². The molecule has 0 saturated carbocycles. The summed E-state index contributed by atoms with van der Waals surface area (Å²) in [7, 11) is -3.79. The molecule has 1 aliphatic heterocycles. The monoisotopic (exact) mass is 419 g/mol. The van der Waals surface area contributed by atoms with Gasteiger partial charge in [0.05, 0.1) is 11.9 Å². The number of halogens is 1. The van der Waals surface area contributed by atoms with E-state index in [0.717, 1.165) is 34.8 Å². The van der Waals surface area contributed by atoms with Gasteiger partial charge in [0.1, 0.15) is 11.9 Å². The van der Waals surface area contributed by atoms with Crippen molar-refractivity contribution < 1.29 is 22.4 Å². The van der Waals surface area contributed by atoms with Crippen molar-refractivity contribution in [2.24, 2.45) is 0 Å². The highest BCUT2D eigenvalue weighted by molar-refractivity contribution is 7.92. The third-order valence-corrected chi connectivity index (χ3v) is 5.93. The van der Waals surface area contributed by atoms with Gasteiger partial charge in [-0.2, -0.15) is 0 Å². The largest absolute Gasteiger partial charge is 0.324 e. The van der Waals surface area contributed by atoms with Crippen LogP contribution in [0.2, 0.25) is 0 Å². The van der Waals surface area contributed by atoms with Gasteiger partial charge in [-0.3, -0.25) is 13.9 Å². The number of nitrogens with zero attached hydrogens (tertiary/aromatic N) is 2. The molecule has 2 aromatic carbocycles. The highest BCUT2D eigenvalue weighted by Gasteiger charge is 2.29. The van der Waals surface area contributed by atoms with Crippen LogP contribution in [0.15, 0.2) is 48.5 Å². The molecule has 1 fully saturated rings. The topological polar surface area (TPSA) is 86.8 Å². The molecule has 0 radical (unpaired) electrons. The number of rotatable bonds is 6. The van der Waals surface area contributed by atoms with E-state index in [-0.39, 0.29) is 11.6 Å². The van der Waals surface area contributed by atoms with Gasteiger partial charge in [-0.15, -0.1) is 0 Å². The SMILES string of the molecule is C[C@H](C(=O)Nc1ccc(N2CCCC2=O)cc1)N(c1ccc(F)cc1)S(C)(=O)=O. The number of sulfonamides is 1. The Morgan fingerprint density at radius 1 is 1.14 bits per heavy atom. The minimum absolute atomic E-state index is 0.0681. The molecule has 1 heterocycles. The lowest BCUT2D eigenvalue weighted by atomic mass is 10.2. The molecule has 1 N–H and O–H groups in total. The molecule has 29 heavy (non-hydrogen) atoms. The summed E-state index contributed by atoms with van der Waals surface area (Å²) in [6.45, 7) is 2.12. The van der Waals surface area contributed by atoms with Crippen LogP contribution < -0.4 is 14.5 Å². The molecule has 7 nitrogen and oxygen atoms in total. The highest BCUT2D eigenvalue weighted by Crippen LogP contribution is 2.24. The quantitative estimate of drug-likeness (QED) is 0.780. The normalized spacial score (nSPS) is 15.3. The van der Waals surface area contributed by atoms with E-state index in [1.165, 1.54) is 19.1 Å². The van der Waals surface area contributed by atoms with E-state index in [1.54, 1.807) is 29.2 Å². The number of benzene rings is 2. The molecule has 154 valence electrons. The van der Waals surface area contributed by atoms with Crippen LogP contribution in [0.5, 0.6) is 0 Å². The number of hydrogen-bond acceptors (Lipinski definition) is 4. The third kappa shape index (κ3) is 4.73. The average molecular weight is 419 g/mol. The molecule has 1 aliphatic rings. The summed E-state index contributed by atoms with van der Waals surface area (Å²) >= 11 is 0. The predicted molar refractivity (Wildman–Crippen MR) is 110 cm³/mol. The number of amides is 2. The summed E-state index contributed by atoms with van der Waals surface area (Å²) in [5, 5.41) is 2.68. The van der Waals surface area contributed by atoms with Gasteiger partial charge in [0, 0.05) is 24.3 Å². The zero-order chi connectivity index (χ0) is 21.2. The number of carbonyl (C=O) groups is 2. The summed E-state index contributed by atoms with van der Waals surface area (Å²) in [4.78, 5) is 26.2. The lowest BCUT2D eigenvalue weighted by molar-refractivity contribution is -0.117. The average Bonchev–Trinajstić information content (AvgIpc) is 3.09. The van der Waals surface area contributed by atoms with Crippen LogP contribution in [0.25, 0.3) is 0 Å². The van der Waals surface area contributed by atoms with Gasteiger partial charge in [-0.25, -0.2) is 12.8 Å². The van der Waals surface area contributed by atoms with Crippen LogP contribution in [0, 0.1) is 5.82 Å². The Hall–Kier alpha value is -2.94. The van der Waals surface area contributed by atoms with Crippen molar-refractivity contribution in [3.63, 3.8) is 0 Å². The Kier molecular flexibility index (Phi) is 5.88.